The third-order valence-electron chi connectivity index (χ3n) is 7.17. The number of imidazole rings is 1. The Balaban J connectivity index is 1.38. The minimum Gasteiger partial charge on any atom is -0.490 e. The number of aromatic nitrogens is 2. The van der Waals surface area contributed by atoms with Gasteiger partial charge in [0.25, 0.3) is 5.91 Å². The molecule has 3 aromatic carbocycles. The first-order valence-corrected chi connectivity index (χ1v) is 13.3. The van der Waals surface area contributed by atoms with Gasteiger partial charge >= 0.3 is 0 Å². The molecule has 0 aliphatic carbocycles. The molecule has 1 saturated heterocycles. The number of nitrogens with zero attached hydrogens (tertiary/aromatic N) is 2. The molecule has 0 atom stereocenters. The number of piperidine rings is 1. The summed E-state index contributed by atoms with van der Waals surface area (Å²) < 4.78 is 11.6. The van der Waals surface area contributed by atoms with Crippen LogP contribution in [0.2, 0.25) is 5.02 Å². The summed E-state index contributed by atoms with van der Waals surface area (Å²) in [5, 5.41) is 3.61. The summed E-state index contributed by atoms with van der Waals surface area (Å²) in [7, 11) is 1.73. The summed E-state index contributed by atoms with van der Waals surface area (Å²) in [6.07, 6.45) is 2.04. The largest absolute Gasteiger partial charge is 0.490 e. The number of para-hydroxylation sites is 2. The molecule has 0 spiro atoms. The number of benzene rings is 3. The van der Waals surface area contributed by atoms with E-state index < -0.39 is 0 Å². The molecule has 0 bridgehead atoms. The van der Waals surface area contributed by atoms with Crippen molar-refractivity contribution >= 4 is 45.4 Å². The number of rotatable bonds is 7. The van der Waals surface area contributed by atoms with Gasteiger partial charge in [-0.25, -0.2) is 4.98 Å². The van der Waals surface area contributed by atoms with Crippen LogP contribution in [0.5, 0.6) is 5.75 Å². The third kappa shape index (κ3) is 4.92. The van der Waals surface area contributed by atoms with E-state index in [0.717, 1.165) is 72.7 Å². The summed E-state index contributed by atoms with van der Waals surface area (Å²) in [5.74, 6) is 1.18. The normalized spacial score (nSPS) is 17.5. The lowest BCUT2D eigenvalue weighted by atomic mass is 9.94. The average molecular weight is 529 g/mol. The van der Waals surface area contributed by atoms with E-state index in [1.165, 1.54) is 0 Å². The highest BCUT2D eigenvalue weighted by atomic mass is 35.5. The second-order valence-electron chi connectivity index (χ2n) is 9.68. The molecule has 3 heterocycles. The van der Waals surface area contributed by atoms with E-state index in [0.29, 0.717) is 22.0 Å². The van der Waals surface area contributed by atoms with E-state index in [4.69, 9.17) is 26.1 Å². The highest BCUT2D eigenvalue weighted by Gasteiger charge is 2.31. The van der Waals surface area contributed by atoms with Gasteiger partial charge in [-0.2, -0.15) is 0 Å². The van der Waals surface area contributed by atoms with Gasteiger partial charge in [-0.3, -0.25) is 4.79 Å². The molecular formula is C30H29ClN4O3. The van der Waals surface area contributed by atoms with Crippen molar-refractivity contribution in [3.05, 3.63) is 88.7 Å². The molecule has 0 unspecified atom stereocenters. The Morgan fingerprint density at radius 1 is 1.08 bits per heavy atom. The number of nitrogens with one attached hydrogen (secondary N) is 2. The van der Waals surface area contributed by atoms with Crippen LogP contribution in [0, 0.1) is 0 Å². The first kappa shape index (κ1) is 24.7. The molecule has 1 aromatic heterocycles. The lowest BCUT2D eigenvalue weighted by Crippen LogP contribution is -2.39. The van der Waals surface area contributed by atoms with Gasteiger partial charge in [0.2, 0.25) is 0 Å². The maximum Gasteiger partial charge on any atom is 0.257 e. The van der Waals surface area contributed by atoms with E-state index in [1.807, 2.05) is 66.7 Å². The van der Waals surface area contributed by atoms with Gasteiger partial charge in [-0.15, -0.1) is 0 Å². The molecule has 194 valence electrons. The molecule has 0 saturated carbocycles. The van der Waals surface area contributed by atoms with Crippen LogP contribution in [-0.4, -0.2) is 60.2 Å². The first-order valence-electron chi connectivity index (χ1n) is 12.9. The van der Waals surface area contributed by atoms with Crippen LogP contribution >= 0.6 is 11.6 Å². The number of amides is 1. The molecular weight excluding hydrogens is 500 g/mol. The second-order valence-corrected chi connectivity index (χ2v) is 10.1. The number of H-pyrrole nitrogens is 1. The second kappa shape index (κ2) is 10.6. The summed E-state index contributed by atoms with van der Waals surface area (Å²) in [5.41, 5.74) is 5.32. The van der Waals surface area contributed by atoms with Crippen molar-refractivity contribution in [1.29, 1.82) is 0 Å². The van der Waals surface area contributed by atoms with Crippen molar-refractivity contribution in [2.24, 2.45) is 0 Å². The zero-order valence-electron chi connectivity index (χ0n) is 21.2. The van der Waals surface area contributed by atoms with Crippen LogP contribution in [0.4, 0.5) is 5.69 Å². The van der Waals surface area contributed by atoms with Gasteiger partial charge in [-0.05, 0) is 60.9 Å². The Bertz CT molecular complexity index is 1490. The van der Waals surface area contributed by atoms with E-state index in [-0.39, 0.29) is 12.0 Å². The van der Waals surface area contributed by atoms with Crippen LogP contribution in [0.3, 0.4) is 0 Å². The fraction of sp³-hybridized carbons (Fsp3) is 0.267. The van der Waals surface area contributed by atoms with E-state index in [2.05, 4.69) is 15.2 Å². The predicted octanol–water partition coefficient (Wildman–Crippen LogP) is 5.62. The molecule has 1 amide bonds. The fourth-order valence-corrected chi connectivity index (χ4v) is 5.44. The molecule has 8 heteroatoms. The SMILES string of the molecule is COCCN1CCC(Oc2ccc3c(c2)/C(=C(\c2cccc(Cl)c2)c2nc4ccccc4[nH]2)C(=O)N3)CC1. The number of ether oxygens (including phenoxy) is 2. The van der Waals surface area contributed by atoms with Crippen molar-refractivity contribution in [1.82, 2.24) is 14.9 Å². The molecule has 4 aromatic rings. The number of likely N-dealkylation sites (tertiary alicyclic amines) is 1. The van der Waals surface area contributed by atoms with Crippen LogP contribution in [0.15, 0.2) is 66.7 Å². The predicted molar refractivity (Wildman–Crippen MR) is 150 cm³/mol. The number of fused-ring (bicyclic) bond motifs is 2. The number of methoxy groups -OCH3 is 1. The zero-order valence-corrected chi connectivity index (χ0v) is 21.9. The highest BCUT2D eigenvalue weighted by molar-refractivity contribution is 6.38. The van der Waals surface area contributed by atoms with Gasteiger partial charge in [-0.1, -0.05) is 35.9 Å². The van der Waals surface area contributed by atoms with Gasteiger partial charge in [0.15, 0.2) is 0 Å². The van der Waals surface area contributed by atoms with Gasteiger partial charge in [0, 0.05) is 48.6 Å². The topological polar surface area (TPSA) is 79.5 Å². The Labute approximate surface area is 226 Å². The maximum atomic E-state index is 13.4. The monoisotopic (exact) mass is 528 g/mol. The maximum absolute atomic E-state index is 13.4. The van der Waals surface area contributed by atoms with Gasteiger partial charge in [0.05, 0.1) is 23.2 Å². The molecule has 2 N–H and O–H groups in total. The van der Waals surface area contributed by atoms with E-state index in [9.17, 15) is 4.79 Å². The number of hydrogen-bond acceptors (Lipinski definition) is 5. The molecule has 38 heavy (non-hydrogen) atoms. The molecule has 7 nitrogen and oxygen atoms in total. The minimum absolute atomic E-state index is 0.132. The molecule has 2 aliphatic rings. The third-order valence-corrected chi connectivity index (χ3v) is 7.41. The van der Waals surface area contributed by atoms with E-state index >= 15 is 0 Å². The van der Waals surface area contributed by atoms with Crippen LogP contribution in [0.1, 0.15) is 29.8 Å². The molecule has 2 aliphatic heterocycles. The van der Waals surface area contributed by atoms with Crippen LogP contribution in [0.25, 0.3) is 22.2 Å². The minimum atomic E-state index is -0.181. The van der Waals surface area contributed by atoms with Crippen molar-refractivity contribution < 1.29 is 14.3 Å². The summed E-state index contributed by atoms with van der Waals surface area (Å²) in [4.78, 5) is 24.1. The molecule has 6 rings (SSSR count). The van der Waals surface area contributed by atoms with Crippen molar-refractivity contribution in [2.45, 2.75) is 18.9 Å². The number of carbonyl (C=O) groups excluding carboxylic acids is 1. The number of carbonyl (C=O) groups is 1. The van der Waals surface area contributed by atoms with Crippen molar-refractivity contribution in [3.63, 3.8) is 0 Å². The Hall–Kier alpha value is -3.65. The number of anilines is 1. The smallest absolute Gasteiger partial charge is 0.257 e. The van der Waals surface area contributed by atoms with Gasteiger partial charge < -0.3 is 24.7 Å². The van der Waals surface area contributed by atoms with Gasteiger partial charge in [0.1, 0.15) is 17.7 Å². The summed E-state index contributed by atoms with van der Waals surface area (Å²) >= 11 is 6.39. The summed E-state index contributed by atoms with van der Waals surface area (Å²) in [6.45, 7) is 3.65. The Kier molecular flexibility index (Phi) is 6.89. The van der Waals surface area contributed by atoms with Crippen molar-refractivity contribution in [2.75, 3.05) is 38.7 Å². The lowest BCUT2D eigenvalue weighted by molar-refractivity contribution is -0.110. The average Bonchev–Trinajstić information content (AvgIpc) is 3.49. The highest BCUT2D eigenvalue weighted by Crippen LogP contribution is 2.42. The zero-order chi connectivity index (χ0) is 26.1. The van der Waals surface area contributed by atoms with Crippen molar-refractivity contribution in [3.8, 4) is 5.75 Å². The molecule has 0 radical (unpaired) electrons. The standard InChI is InChI=1S/C30H29ClN4O3/c1-37-16-15-35-13-11-21(12-14-35)38-22-9-10-24-23(18-22)28(30(36)34-24)27(19-5-4-6-20(31)17-19)29-32-25-7-2-3-8-26(25)33-29/h2-10,17-18,21H,11-16H2,1H3,(H,32,33)(H,34,36)/b28-27-. The Morgan fingerprint density at radius 3 is 2.71 bits per heavy atom. The lowest BCUT2D eigenvalue weighted by Gasteiger charge is -2.32. The number of hydrogen-bond donors (Lipinski definition) is 2. The summed E-state index contributed by atoms with van der Waals surface area (Å²) in [6, 6.07) is 21.2. The van der Waals surface area contributed by atoms with Crippen LogP contribution < -0.4 is 10.1 Å². The quantitative estimate of drug-likeness (QED) is 0.304. The fourth-order valence-electron chi connectivity index (χ4n) is 5.25. The number of halogens is 1. The Morgan fingerprint density at radius 2 is 1.92 bits per heavy atom. The van der Waals surface area contributed by atoms with Crippen LogP contribution in [-0.2, 0) is 9.53 Å². The first-order chi connectivity index (χ1) is 18.6. The van der Waals surface area contributed by atoms with E-state index in [1.54, 1.807) is 7.11 Å². The molecule has 1 fully saturated rings. The number of aromatic amines is 1.